The van der Waals surface area contributed by atoms with Crippen molar-refractivity contribution in [3.63, 3.8) is 0 Å². The Kier molecular flexibility index (Phi) is 3.94. The molecule has 0 radical (unpaired) electrons. The first-order valence-corrected chi connectivity index (χ1v) is 5.42. The number of aliphatic hydroxyl groups excluding tert-OH is 2. The maximum atomic E-state index is 13.0. The molecule has 2 N–H and O–H groups in total. The molecule has 2 unspecified atom stereocenters. The maximum absolute atomic E-state index is 13.0. The van der Waals surface area contributed by atoms with E-state index in [1.165, 1.54) is 12.1 Å². The second-order valence-electron chi connectivity index (χ2n) is 4.92. The summed E-state index contributed by atoms with van der Waals surface area (Å²) < 4.78 is 13.0. The van der Waals surface area contributed by atoms with E-state index in [-0.39, 0.29) is 10.6 Å². The van der Waals surface area contributed by atoms with E-state index in [0.717, 1.165) is 6.07 Å². The zero-order chi connectivity index (χ0) is 12.5. The van der Waals surface area contributed by atoms with Gasteiger partial charge in [-0.3, -0.25) is 0 Å². The van der Waals surface area contributed by atoms with Gasteiger partial charge in [0.1, 0.15) is 11.9 Å². The largest absolute Gasteiger partial charge is 0.390 e. The van der Waals surface area contributed by atoms with Crippen LogP contribution >= 0.6 is 11.6 Å². The van der Waals surface area contributed by atoms with Crippen LogP contribution in [0.4, 0.5) is 4.39 Å². The Labute approximate surface area is 99.7 Å². The van der Waals surface area contributed by atoms with Gasteiger partial charge in [0, 0.05) is 10.6 Å². The summed E-state index contributed by atoms with van der Waals surface area (Å²) in [6, 6.07) is 3.72. The SMILES string of the molecule is CC(C)(C)C(O)C(O)c1cc(F)ccc1Cl. The minimum absolute atomic E-state index is 0.212. The minimum Gasteiger partial charge on any atom is -0.390 e. The first-order valence-electron chi connectivity index (χ1n) is 5.04. The Morgan fingerprint density at radius 2 is 1.81 bits per heavy atom. The zero-order valence-electron chi connectivity index (χ0n) is 9.54. The molecule has 0 bridgehead atoms. The molecule has 0 heterocycles. The van der Waals surface area contributed by atoms with Crippen molar-refractivity contribution in [2.45, 2.75) is 33.0 Å². The summed E-state index contributed by atoms with van der Waals surface area (Å²) in [7, 11) is 0. The van der Waals surface area contributed by atoms with Crippen LogP contribution in [0.2, 0.25) is 5.02 Å². The molecule has 0 aliphatic heterocycles. The molecule has 16 heavy (non-hydrogen) atoms. The van der Waals surface area contributed by atoms with Crippen LogP contribution in [0, 0.1) is 11.2 Å². The van der Waals surface area contributed by atoms with Crippen LogP contribution < -0.4 is 0 Å². The van der Waals surface area contributed by atoms with Crippen molar-refractivity contribution < 1.29 is 14.6 Å². The van der Waals surface area contributed by atoms with Crippen LogP contribution in [0.15, 0.2) is 18.2 Å². The smallest absolute Gasteiger partial charge is 0.123 e. The first-order chi connectivity index (χ1) is 7.23. The van der Waals surface area contributed by atoms with Gasteiger partial charge in [-0.15, -0.1) is 0 Å². The van der Waals surface area contributed by atoms with Crippen molar-refractivity contribution in [3.05, 3.63) is 34.6 Å². The Hall–Kier alpha value is -0.640. The molecule has 0 saturated carbocycles. The fourth-order valence-corrected chi connectivity index (χ4v) is 1.61. The molecule has 1 rings (SSSR count). The summed E-state index contributed by atoms with van der Waals surface area (Å²) in [6.45, 7) is 5.36. The predicted octanol–water partition coefficient (Wildman–Crippen LogP) is 2.92. The predicted molar refractivity (Wildman–Crippen MR) is 61.8 cm³/mol. The maximum Gasteiger partial charge on any atom is 0.123 e. The highest BCUT2D eigenvalue weighted by molar-refractivity contribution is 6.31. The Morgan fingerprint density at radius 3 is 2.31 bits per heavy atom. The highest BCUT2D eigenvalue weighted by Crippen LogP contribution is 2.33. The van der Waals surface area contributed by atoms with Crippen molar-refractivity contribution in [1.29, 1.82) is 0 Å². The Balaban J connectivity index is 3.05. The van der Waals surface area contributed by atoms with E-state index < -0.39 is 23.4 Å². The van der Waals surface area contributed by atoms with Gasteiger partial charge in [-0.05, 0) is 23.6 Å². The molecule has 0 aliphatic rings. The molecule has 1 aromatic rings. The number of rotatable bonds is 2. The average molecular weight is 247 g/mol. The second-order valence-corrected chi connectivity index (χ2v) is 5.33. The van der Waals surface area contributed by atoms with Crippen LogP contribution in [-0.4, -0.2) is 16.3 Å². The molecule has 0 aliphatic carbocycles. The summed E-state index contributed by atoms with van der Waals surface area (Å²) in [5.74, 6) is -0.487. The quantitative estimate of drug-likeness (QED) is 0.842. The van der Waals surface area contributed by atoms with Crippen LogP contribution in [-0.2, 0) is 0 Å². The van der Waals surface area contributed by atoms with Crippen molar-refractivity contribution >= 4 is 11.6 Å². The van der Waals surface area contributed by atoms with Crippen LogP contribution in [0.1, 0.15) is 32.4 Å². The van der Waals surface area contributed by atoms with Gasteiger partial charge in [-0.25, -0.2) is 4.39 Å². The van der Waals surface area contributed by atoms with Gasteiger partial charge in [-0.1, -0.05) is 32.4 Å². The highest BCUT2D eigenvalue weighted by Gasteiger charge is 2.31. The van der Waals surface area contributed by atoms with Crippen molar-refractivity contribution in [3.8, 4) is 0 Å². The molecule has 90 valence electrons. The number of hydrogen-bond acceptors (Lipinski definition) is 2. The molecule has 4 heteroatoms. The fraction of sp³-hybridized carbons (Fsp3) is 0.500. The fourth-order valence-electron chi connectivity index (χ4n) is 1.38. The lowest BCUT2D eigenvalue weighted by molar-refractivity contribution is -0.0459. The third-order valence-corrected chi connectivity index (χ3v) is 2.81. The third kappa shape index (κ3) is 2.94. The monoisotopic (exact) mass is 246 g/mol. The van der Waals surface area contributed by atoms with Crippen LogP contribution in [0.3, 0.4) is 0 Å². The van der Waals surface area contributed by atoms with Gasteiger partial charge in [-0.2, -0.15) is 0 Å². The Morgan fingerprint density at radius 1 is 1.25 bits per heavy atom. The Bertz CT molecular complexity index is 374. The second kappa shape index (κ2) is 4.70. The summed E-state index contributed by atoms with van der Waals surface area (Å²) in [5.41, 5.74) is -0.293. The number of aliphatic hydroxyl groups is 2. The molecule has 0 aromatic heterocycles. The molecular formula is C12H16ClFO2. The van der Waals surface area contributed by atoms with E-state index in [9.17, 15) is 14.6 Å². The molecule has 1 aromatic carbocycles. The number of benzene rings is 1. The molecule has 2 atom stereocenters. The number of halogens is 2. The van der Waals surface area contributed by atoms with Gasteiger partial charge in [0.2, 0.25) is 0 Å². The third-order valence-electron chi connectivity index (χ3n) is 2.46. The summed E-state index contributed by atoms with van der Waals surface area (Å²) in [5, 5.41) is 20.1. The molecule has 0 spiro atoms. The van der Waals surface area contributed by atoms with E-state index in [2.05, 4.69) is 0 Å². The molecular weight excluding hydrogens is 231 g/mol. The van der Waals surface area contributed by atoms with E-state index >= 15 is 0 Å². The zero-order valence-corrected chi connectivity index (χ0v) is 10.3. The normalized spacial score (nSPS) is 15.9. The van der Waals surface area contributed by atoms with Crippen molar-refractivity contribution in [2.24, 2.45) is 5.41 Å². The first kappa shape index (κ1) is 13.4. The van der Waals surface area contributed by atoms with Gasteiger partial charge < -0.3 is 10.2 Å². The van der Waals surface area contributed by atoms with Gasteiger partial charge in [0.15, 0.2) is 0 Å². The molecule has 0 saturated heterocycles. The van der Waals surface area contributed by atoms with Gasteiger partial charge >= 0.3 is 0 Å². The van der Waals surface area contributed by atoms with Gasteiger partial charge in [0.05, 0.1) is 6.10 Å². The standard InChI is InChI=1S/C12H16ClFO2/c1-12(2,3)11(16)10(15)8-6-7(14)4-5-9(8)13/h4-6,10-11,15-16H,1-3H3. The van der Waals surface area contributed by atoms with Gasteiger partial charge in [0.25, 0.3) is 0 Å². The molecule has 2 nitrogen and oxygen atoms in total. The van der Waals surface area contributed by atoms with Crippen LogP contribution in [0.25, 0.3) is 0 Å². The van der Waals surface area contributed by atoms with Crippen LogP contribution in [0.5, 0.6) is 0 Å². The summed E-state index contributed by atoms with van der Waals surface area (Å²) in [4.78, 5) is 0. The van der Waals surface area contributed by atoms with Crippen molar-refractivity contribution in [1.82, 2.24) is 0 Å². The summed E-state index contributed by atoms with van der Waals surface area (Å²) >= 11 is 5.85. The summed E-state index contributed by atoms with van der Waals surface area (Å²) in [6.07, 6.45) is -2.20. The molecule has 0 fully saturated rings. The highest BCUT2D eigenvalue weighted by atomic mass is 35.5. The lowest BCUT2D eigenvalue weighted by atomic mass is 9.83. The molecule has 0 amide bonds. The average Bonchev–Trinajstić information content (AvgIpc) is 2.18. The topological polar surface area (TPSA) is 40.5 Å². The van der Waals surface area contributed by atoms with E-state index in [1.54, 1.807) is 20.8 Å². The lowest BCUT2D eigenvalue weighted by Crippen LogP contribution is -2.32. The van der Waals surface area contributed by atoms with E-state index in [0.29, 0.717) is 0 Å². The van der Waals surface area contributed by atoms with Crippen molar-refractivity contribution in [2.75, 3.05) is 0 Å². The van der Waals surface area contributed by atoms with E-state index in [4.69, 9.17) is 11.6 Å². The number of hydrogen-bond donors (Lipinski definition) is 2. The minimum atomic E-state index is -1.19. The lowest BCUT2D eigenvalue weighted by Gasteiger charge is -2.30. The van der Waals surface area contributed by atoms with E-state index in [1.807, 2.05) is 0 Å².